The highest BCUT2D eigenvalue weighted by Crippen LogP contribution is 2.40. The van der Waals surface area contributed by atoms with Gasteiger partial charge in [-0.3, -0.25) is 19.5 Å². The monoisotopic (exact) mass is 430 g/mol. The molecule has 2 aliphatic rings. The highest BCUT2D eigenvalue weighted by atomic mass is 32.2. The fourth-order valence-electron chi connectivity index (χ4n) is 3.88. The van der Waals surface area contributed by atoms with Crippen molar-refractivity contribution < 1.29 is 14.0 Å². The molecule has 2 unspecified atom stereocenters. The van der Waals surface area contributed by atoms with Gasteiger partial charge in [0.05, 0.1) is 11.6 Å². The van der Waals surface area contributed by atoms with Gasteiger partial charge in [0, 0.05) is 47.8 Å². The van der Waals surface area contributed by atoms with Gasteiger partial charge in [-0.1, -0.05) is 30.0 Å². The number of hydrogen-bond donors (Lipinski definition) is 0. The van der Waals surface area contributed by atoms with E-state index in [0.29, 0.717) is 18.7 Å². The highest BCUT2D eigenvalue weighted by Gasteiger charge is 2.41. The van der Waals surface area contributed by atoms with Crippen molar-refractivity contribution >= 4 is 40.1 Å². The van der Waals surface area contributed by atoms with Gasteiger partial charge in [-0.25, -0.2) is 4.39 Å². The molecule has 0 N–H and O–H groups in total. The van der Waals surface area contributed by atoms with E-state index in [1.807, 2.05) is 0 Å². The van der Waals surface area contributed by atoms with E-state index >= 15 is 0 Å². The Bertz CT molecular complexity index is 925. The van der Waals surface area contributed by atoms with Crippen molar-refractivity contribution in [3.63, 3.8) is 0 Å². The van der Waals surface area contributed by atoms with E-state index < -0.39 is 6.04 Å². The van der Waals surface area contributed by atoms with Crippen LogP contribution in [0.15, 0.2) is 41.5 Å². The molecule has 1 saturated heterocycles. The van der Waals surface area contributed by atoms with Crippen LogP contribution in [0.25, 0.3) is 6.08 Å². The lowest BCUT2D eigenvalue weighted by Gasteiger charge is -2.38. The summed E-state index contributed by atoms with van der Waals surface area (Å²) >= 11 is 2.88. The first-order valence-corrected chi connectivity index (χ1v) is 11.6. The molecule has 1 aliphatic carbocycles. The molecule has 1 aliphatic heterocycles. The smallest absolute Gasteiger partial charge is 0.186 e. The van der Waals surface area contributed by atoms with Crippen molar-refractivity contribution in [2.75, 3.05) is 13.1 Å². The lowest BCUT2D eigenvalue weighted by molar-refractivity contribution is -0.126. The minimum atomic E-state index is -0.572. The summed E-state index contributed by atoms with van der Waals surface area (Å²) in [4.78, 5) is 32.1. The molecule has 2 fully saturated rings. The molecule has 0 bridgehead atoms. The summed E-state index contributed by atoms with van der Waals surface area (Å²) in [6, 6.07) is 6.02. The van der Waals surface area contributed by atoms with Gasteiger partial charge in [0.25, 0.3) is 0 Å². The molecule has 2 aromatic rings. The molecule has 4 nitrogen and oxygen atoms in total. The molecule has 0 radical (unpaired) electrons. The van der Waals surface area contributed by atoms with Gasteiger partial charge < -0.3 is 0 Å². The maximum Gasteiger partial charge on any atom is 0.186 e. The van der Waals surface area contributed by atoms with Crippen molar-refractivity contribution in [2.45, 2.75) is 37.5 Å². The van der Waals surface area contributed by atoms with Crippen molar-refractivity contribution in [1.82, 2.24) is 9.88 Å². The molecule has 0 amide bonds. The molecule has 1 saturated carbocycles. The second-order valence-electron chi connectivity index (χ2n) is 7.58. The Balaban J connectivity index is 1.66. The topological polar surface area (TPSA) is 50.3 Å². The number of thioether (sulfide) groups is 1. The third-order valence-electron chi connectivity index (χ3n) is 5.38. The largest absolute Gasteiger partial charge is 0.297 e. The molecule has 152 valence electrons. The molecule has 1 aromatic carbocycles. The maximum absolute atomic E-state index is 14.6. The molecule has 2 atom stereocenters. The minimum absolute atomic E-state index is 0.0397. The Morgan fingerprint density at radius 3 is 2.76 bits per heavy atom. The van der Waals surface area contributed by atoms with Crippen molar-refractivity contribution in [3.8, 4) is 0 Å². The number of halogens is 1. The lowest BCUT2D eigenvalue weighted by atomic mass is 9.93. The third kappa shape index (κ3) is 4.85. The summed E-state index contributed by atoms with van der Waals surface area (Å²) in [5, 5.41) is 0.154. The zero-order valence-electron chi connectivity index (χ0n) is 16.2. The molecule has 2 heterocycles. The van der Waals surface area contributed by atoms with Crippen molar-refractivity contribution in [3.05, 3.63) is 57.8 Å². The number of carbonyl (C=O) groups is 2. The summed E-state index contributed by atoms with van der Waals surface area (Å²) in [7, 11) is 0. The first kappa shape index (κ1) is 20.4. The van der Waals surface area contributed by atoms with Gasteiger partial charge in [-0.15, -0.1) is 11.3 Å². The minimum Gasteiger partial charge on any atom is -0.297 e. The van der Waals surface area contributed by atoms with Crippen LogP contribution in [-0.2, 0) is 9.59 Å². The molecule has 1 aromatic heterocycles. The van der Waals surface area contributed by atoms with E-state index in [1.54, 1.807) is 48.2 Å². The van der Waals surface area contributed by atoms with Crippen LogP contribution in [0.1, 0.15) is 42.7 Å². The first-order valence-electron chi connectivity index (χ1n) is 9.81. The van der Waals surface area contributed by atoms with Gasteiger partial charge >= 0.3 is 0 Å². The van der Waals surface area contributed by atoms with Crippen LogP contribution in [0, 0.1) is 11.7 Å². The van der Waals surface area contributed by atoms with Crippen LogP contribution in [0.4, 0.5) is 4.39 Å². The second kappa shape index (κ2) is 8.90. The summed E-state index contributed by atoms with van der Waals surface area (Å²) < 4.78 is 14.6. The summed E-state index contributed by atoms with van der Waals surface area (Å²) in [5.74, 6) is -0.178. The Hall–Kier alpha value is -1.83. The summed E-state index contributed by atoms with van der Waals surface area (Å²) in [6.45, 7) is 2.78. The number of piperidine rings is 1. The normalized spacial score (nSPS) is 22.6. The predicted molar refractivity (Wildman–Crippen MR) is 115 cm³/mol. The van der Waals surface area contributed by atoms with Crippen LogP contribution in [0.3, 0.4) is 0 Å². The summed E-state index contributed by atoms with van der Waals surface area (Å²) in [6.07, 6.45) is 6.41. The number of aromatic nitrogens is 1. The Morgan fingerprint density at radius 2 is 2.10 bits per heavy atom. The van der Waals surface area contributed by atoms with Crippen LogP contribution >= 0.6 is 23.1 Å². The van der Waals surface area contributed by atoms with Gasteiger partial charge in [0.1, 0.15) is 5.82 Å². The van der Waals surface area contributed by atoms with E-state index in [1.165, 1.54) is 17.8 Å². The van der Waals surface area contributed by atoms with E-state index in [0.717, 1.165) is 29.7 Å². The maximum atomic E-state index is 14.6. The average molecular weight is 431 g/mol. The number of rotatable bonds is 6. The predicted octanol–water partition coefficient (Wildman–Crippen LogP) is 4.74. The van der Waals surface area contributed by atoms with Crippen LogP contribution in [0.5, 0.6) is 0 Å². The average Bonchev–Trinajstić information content (AvgIpc) is 3.42. The third-order valence-corrected chi connectivity index (χ3v) is 7.26. The van der Waals surface area contributed by atoms with E-state index in [9.17, 15) is 14.0 Å². The van der Waals surface area contributed by atoms with Crippen LogP contribution < -0.4 is 0 Å². The summed E-state index contributed by atoms with van der Waals surface area (Å²) in [5.41, 5.74) is 3.32. The molecule has 29 heavy (non-hydrogen) atoms. The molecule has 4 rings (SSSR count). The van der Waals surface area contributed by atoms with Gasteiger partial charge in [0.2, 0.25) is 0 Å². The fraction of sp³-hybridized carbons (Fsp3) is 0.409. The molecule has 0 spiro atoms. The van der Waals surface area contributed by atoms with Crippen LogP contribution in [0.2, 0.25) is 0 Å². The van der Waals surface area contributed by atoms with Gasteiger partial charge in [-0.05, 0) is 37.0 Å². The van der Waals surface area contributed by atoms with E-state index in [-0.39, 0.29) is 27.9 Å². The standard InChI is InChI=1S/C22H23FN2O2S2/c1-14(26)29-20-8-9-25(12-16(20)10-17-11-24-13-28-17)21(22(27)15-6-7-15)18-4-2-3-5-19(18)23/h2-5,10-11,13,15,20-21H,6-9,12H2,1H3/b16-10+. The Labute approximate surface area is 178 Å². The van der Waals surface area contributed by atoms with Crippen molar-refractivity contribution in [1.29, 1.82) is 0 Å². The second-order valence-corrected chi connectivity index (χ2v) is 9.88. The number of thiazole rings is 1. The van der Waals surface area contributed by atoms with Gasteiger partial charge in [-0.2, -0.15) is 0 Å². The van der Waals surface area contributed by atoms with E-state index in [4.69, 9.17) is 0 Å². The number of Topliss-reactive ketones (excluding diaryl/α,β-unsaturated/α-hetero) is 1. The molecule has 7 heteroatoms. The SMILES string of the molecule is CC(=O)SC1CCN(C(C(=O)C2CC2)c2ccccc2F)C/C1=C\c1cncs1. The fourth-order valence-corrected chi connectivity index (χ4v) is 5.38. The van der Waals surface area contributed by atoms with Gasteiger partial charge in [0.15, 0.2) is 10.9 Å². The number of nitrogens with zero attached hydrogens (tertiary/aromatic N) is 2. The number of ketones is 1. The molecular formula is C22H23FN2O2S2. The van der Waals surface area contributed by atoms with E-state index in [2.05, 4.69) is 16.0 Å². The Kier molecular flexibility index (Phi) is 6.27. The van der Waals surface area contributed by atoms with Crippen LogP contribution in [-0.4, -0.2) is 39.1 Å². The zero-order valence-corrected chi connectivity index (χ0v) is 17.8. The first-order chi connectivity index (χ1) is 14.0. The number of carbonyl (C=O) groups excluding carboxylic acids is 2. The van der Waals surface area contributed by atoms with Crippen molar-refractivity contribution in [2.24, 2.45) is 5.92 Å². The lowest BCUT2D eigenvalue weighted by Crippen LogP contribution is -2.43. The zero-order chi connectivity index (χ0) is 20.4. The molecular weight excluding hydrogens is 407 g/mol. The number of benzene rings is 1. The quantitative estimate of drug-likeness (QED) is 0.663. The number of likely N-dealkylation sites (tertiary alicyclic amines) is 1. The highest BCUT2D eigenvalue weighted by molar-refractivity contribution is 8.14. The Morgan fingerprint density at radius 1 is 1.31 bits per heavy atom. The number of hydrogen-bond acceptors (Lipinski definition) is 6.